The van der Waals surface area contributed by atoms with Crippen molar-refractivity contribution < 1.29 is 36.0 Å². The summed E-state index contributed by atoms with van der Waals surface area (Å²) in [5.74, 6) is -2.96. The van der Waals surface area contributed by atoms with Crippen molar-refractivity contribution in [1.82, 2.24) is 10.3 Å². The van der Waals surface area contributed by atoms with Crippen LogP contribution in [-0.2, 0) is 19.7 Å². The topological polar surface area (TPSA) is 97.8 Å². The molecule has 2 aromatic rings. The lowest BCUT2D eigenvalue weighted by atomic mass is 10.0. The molecule has 0 spiro atoms. The van der Waals surface area contributed by atoms with E-state index in [-0.39, 0.29) is 21.3 Å². The second-order valence-corrected chi connectivity index (χ2v) is 10.3. The zero-order chi connectivity index (χ0) is 23.1. The first-order chi connectivity index (χ1) is 15.0. The van der Waals surface area contributed by atoms with Gasteiger partial charge in [0.15, 0.2) is 5.82 Å². The van der Waals surface area contributed by atoms with Gasteiger partial charge in [-0.2, -0.15) is 21.6 Å². The lowest BCUT2D eigenvalue weighted by Crippen LogP contribution is -2.42. The summed E-state index contributed by atoms with van der Waals surface area (Å²) in [6, 6.07) is 4.21. The van der Waals surface area contributed by atoms with Crippen LogP contribution >= 0.6 is 22.9 Å². The highest BCUT2D eigenvalue weighted by molar-refractivity contribution is 7.92. The van der Waals surface area contributed by atoms with Crippen LogP contribution in [0.2, 0.25) is 5.02 Å². The van der Waals surface area contributed by atoms with Gasteiger partial charge in [0.05, 0.1) is 15.4 Å². The maximum Gasteiger partial charge on any atom is 0.493 e. The second-order valence-electron chi connectivity index (χ2n) is 7.40. The summed E-state index contributed by atoms with van der Waals surface area (Å²) in [4.78, 5) is 18.6. The fraction of sp³-hybridized carbons (Fsp3) is 0.444. The van der Waals surface area contributed by atoms with Crippen molar-refractivity contribution in [3.8, 4) is 5.75 Å². The predicted molar refractivity (Wildman–Crippen MR) is 109 cm³/mol. The largest absolute Gasteiger partial charge is 0.493 e. The predicted octanol–water partition coefficient (Wildman–Crippen LogP) is 3.67. The molecule has 1 aromatic heterocycles. The van der Waals surface area contributed by atoms with Gasteiger partial charge >= 0.3 is 12.1 Å². The van der Waals surface area contributed by atoms with Crippen LogP contribution in [0.1, 0.15) is 25.7 Å². The molecule has 0 aliphatic carbocycles. The molecule has 1 aromatic carbocycles. The molecule has 3 heterocycles. The lowest BCUT2D eigenvalue weighted by Gasteiger charge is -2.29. The maximum absolute atomic E-state index is 13.0. The minimum atomic E-state index is -5.41. The van der Waals surface area contributed by atoms with Crippen molar-refractivity contribution in [3.05, 3.63) is 34.1 Å². The van der Waals surface area contributed by atoms with Gasteiger partial charge < -0.3 is 14.9 Å². The number of piperidine rings is 1. The van der Waals surface area contributed by atoms with E-state index in [1.54, 1.807) is 0 Å². The zero-order valence-electron chi connectivity index (χ0n) is 16.2. The fourth-order valence-corrected chi connectivity index (χ4v) is 5.83. The van der Waals surface area contributed by atoms with Crippen LogP contribution in [0.25, 0.3) is 0 Å². The molecule has 0 amide bonds. The summed E-state index contributed by atoms with van der Waals surface area (Å²) in [6.45, 7) is 0. The van der Waals surface area contributed by atoms with Crippen molar-refractivity contribution >= 4 is 44.7 Å². The Labute approximate surface area is 190 Å². The van der Waals surface area contributed by atoms with Crippen molar-refractivity contribution in [3.63, 3.8) is 0 Å². The molecule has 8 nitrogen and oxygen atoms in total. The van der Waals surface area contributed by atoms with Gasteiger partial charge in [-0.05, 0) is 43.9 Å². The van der Waals surface area contributed by atoms with E-state index in [0.717, 1.165) is 54.5 Å². The van der Waals surface area contributed by atoms with Crippen molar-refractivity contribution in [2.24, 2.45) is 0 Å². The summed E-state index contributed by atoms with van der Waals surface area (Å²) < 4.78 is 69.8. The van der Waals surface area contributed by atoms with E-state index in [1.165, 1.54) is 11.6 Å². The molecular weight excluding hydrogens is 495 g/mol. The molecule has 3 atom stereocenters. The normalized spacial score (nSPS) is 23.1. The summed E-state index contributed by atoms with van der Waals surface area (Å²) >= 11 is 7.13. The molecule has 4 rings (SSSR count). The molecule has 2 fully saturated rings. The Hall–Kier alpha value is -2.09. The number of carbonyl (C=O) groups excluding carboxylic acids is 1. The Bertz CT molecular complexity index is 1090. The van der Waals surface area contributed by atoms with E-state index in [9.17, 15) is 26.4 Å². The molecule has 2 bridgehead atoms. The number of aromatic nitrogens is 1. The number of sulfonamides is 1. The number of anilines is 1. The Morgan fingerprint density at radius 2 is 1.94 bits per heavy atom. The maximum atomic E-state index is 13.0. The molecule has 2 unspecified atom stereocenters. The molecule has 2 aliphatic rings. The van der Waals surface area contributed by atoms with Gasteiger partial charge in [-0.3, -0.25) is 0 Å². The van der Waals surface area contributed by atoms with Crippen molar-refractivity contribution in [1.29, 1.82) is 0 Å². The molecule has 32 heavy (non-hydrogen) atoms. The number of thiazole rings is 1. The number of carbonyl (C=O) groups is 1. The number of nitrogens with one attached hydrogen (secondary N) is 1. The number of fused-ring (bicyclic) bond motifs is 2. The first kappa shape index (κ1) is 23.1. The molecular formula is C18H17ClF3N3O5S2. The summed E-state index contributed by atoms with van der Waals surface area (Å²) in [5.41, 5.74) is 1.18. The summed E-state index contributed by atoms with van der Waals surface area (Å²) in [7, 11) is -4.77. The van der Waals surface area contributed by atoms with Gasteiger partial charge in [-0.15, -0.1) is 11.3 Å². The van der Waals surface area contributed by atoms with E-state index in [0.29, 0.717) is 12.1 Å². The monoisotopic (exact) mass is 511 g/mol. The number of hydrogen-bond donors (Lipinski definition) is 1. The molecule has 0 saturated carbocycles. The number of alkyl halides is 3. The van der Waals surface area contributed by atoms with Crippen LogP contribution in [0.3, 0.4) is 0 Å². The first-order valence-electron chi connectivity index (χ1n) is 9.49. The number of rotatable bonds is 6. The van der Waals surface area contributed by atoms with Crippen LogP contribution in [0.4, 0.5) is 19.0 Å². The summed E-state index contributed by atoms with van der Waals surface area (Å²) in [5, 5.41) is 4.55. The van der Waals surface area contributed by atoms with E-state index >= 15 is 0 Å². The summed E-state index contributed by atoms with van der Waals surface area (Å²) in [6.07, 6.45) is -1.78. The van der Waals surface area contributed by atoms with Crippen LogP contribution in [0.5, 0.6) is 5.75 Å². The Morgan fingerprint density at radius 1 is 1.25 bits per heavy atom. The second kappa shape index (κ2) is 8.69. The van der Waals surface area contributed by atoms with E-state index in [4.69, 9.17) is 16.3 Å². The first-order valence-corrected chi connectivity index (χ1v) is 12.2. The molecule has 174 valence electrons. The van der Waals surface area contributed by atoms with Crippen LogP contribution in [0.15, 0.2) is 34.0 Å². The van der Waals surface area contributed by atoms with Crippen molar-refractivity contribution in [2.75, 3.05) is 4.47 Å². The van der Waals surface area contributed by atoms with Gasteiger partial charge in [-0.1, -0.05) is 16.1 Å². The van der Waals surface area contributed by atoms with Gasteiger partial charge in [0.1, 0.15) is 11.9 Å². The van der Waals surface area contributed by atoms with Crippen LogP contribution < -0.4 is 14.5 Å². The van der Waals surface area contributed by atoms with Crippen molar-refractivity contribution in [2.45, 2.75) is 54.9 Å². The minimum Gasteiger partial charge on any atom is -0.489 e. The minimum absolute atomic E-state index is 0.0441. The quantitative estimate of drug-likeness (QED) is 0.591. The highest BCUT2D eigenvalue weighted by Gasteiger charge is 2.45. The Balaban J connectivity index is 1.57. The Morgan fingerprint density at radius 3 is 2.50 bits per heavy atom. The molecule has 0 radical (unpaired) electrons. The lowest BCUT2D eigenvalue weighted by molar-refractivity contribution is -0.199. The van der Waals surface area contributed by atoms with Gasteiger partial charge in [0.2, 0.25) is 0 Å². The van der Waals surface area contributed by atoms with Crippen LogP contribution in [0, 0.1) is 0 Å². The van der Waals surface area contributed by atoms with Gasteiger partial charge in [0, 0.05) is 17.5 Å². The molecule has 1 N–H and O–H groups in total. The highest BCUT2D eigenvalue weighted by Crippen LogP contribution is 2.35. The zero-order valence-corrected chi connectivity index (χ0v) is 18.6. The number of hydrogen-bond acceptors (Lipinski definition) is 8. The molecule has 14 heteroatoms. The van der Waals surface area contributed by atoms with E-state index in [2.05, 4.69) is 15.1 Å². The number of ether oxygens (including phenoxy) is 1. The average molecular weight is 512 g/mol. The molecule has 2 aliphatic heterocycles. The fourth-order valence-electron chi connectivity index (χ4n) is 3.76. The van der Waals surface area contributed by atoms with Crippen LogP contribution in [-0.4, -0.2) is 43.7 Å². The number of halogens is 4. The third kappa shape index (κ3) is 4.80. The standard InChI is InChI=1S/C18H17ClF3N3O5S2/c19-14-7-13(3-4-15(14)29-12-5-10-1-2-11(6-12)24-10)32(27,28)25(16-8-31-9-23-16)30-17(26)18(20,21)22/h3-4,7-12,24H,1-2,5-6H2/t10-,11?,12?/m0/s1. The van der Waals surface area contributed by atoms with Gasteiger partial charge in [0.25, 0.3) is 10.0 Å². The molecule has 2 saturated heterocycles. The SMILES string of the molecule is O=C(ON(c1cscn1)S(=O)(=O)c1ccc(OC2CC3CC[C@@H](C2)N3)c(Cl)c1)C(F)(F)F. The number of benzene rings is 1. The van der Waals surface area contributed by atoms with E-state index in [1.807, 2.05) is 0 Å². The number of nitrogens with zero attached hydrogens (tertiary/aromatic N) is 2. The Kier molecular flexibility index (Phi) is 6.27. The van der Waals surface area contributed by atoms with E-state index < -0.39 is 32.9 Å². The highest BCUT2D eigenvalue weighted by atomic mass is 35.5. The third-order valence-corrected chi connectivity index (χ3v) is 7.56. The average Bonchev–Trinajstić information content (AvgIpc) is 3.36. The third-order valence-electron chi connectivity index (χ3n) is 5.15. The smallest absolute Gasteiger partial charge is 0.489 e. The van der Waals surface area contributed by atoms with Gasteiger partial charge in [-0.25, -0.2) is 9.78 Å².